The normalized spacial score (nSPS) is 16.6. The van der Waals surface area contributed by atoms with Gasteiger partial charge in [0.15, 0.2) is 0 Å². The lowest BCUT2D eigenvalue weighted by Crippen LogP contribution is -2.53. The largest absolute Gasteiger partial charge is 0.401 e. The quantitative estimate of drug-likeness (QED) is 0.922. The molecular weight excluding hydrogens is 319 g/mol. The topological polar surface area (TPSA) is 35.6 Å². The van der Waals surface area contributed by atoms with Crippen molar-refractivity contribution in [3.8, 4) is 0 Å². The highest BCUT2D eigenvalue weighted by Gasteiger charge is 2.32. The van der Waals surface area contributed by atoms with Crippen molar-refractivity contribution in [2.45, 2.75) is 12.7 Å². The maximum absolute atomic E-state index is 12.3. The smallest absolute Gasteiger partial charge is 0.334 e. The molecule has 4 nitrogen and oxygen atoms in total. The Kier molecular flexibility index (Phi) is 5.52. The van der Waals surface area contributed by atoms with Crippen LogP contribution in [0.3, 0.4) is 0 Å². The van der Waals surface area contributed by atoms with Crippen molar-refractivity contribution in [1.82, 2.24) is 15.1 Å². The van der Waals surface area contributed by atoms with Crippen LogP contribution in [0.2, 0.25) is 5.02 Å². The lowest BCUT2D eigenvalue weighted by Gasteiger charge is -2.34. The predicted octanol–water partition coefficient (Wildman–Crippen LogP) is 2.73. The third-order valence-corrected chi connectivity index (χ3v) is 3.67. The number of urea groups is 1. The van der Waals surface area contributed by atoms with Gasteiger partial charge in [-0.15, -0.1) is 0 Å². The van der Waals surface area contributed by atoms with Crippen molar-refractivity contribution < 1.29 is 18.0 Å². The molecule has 1 aliphatic rings. The molecule has 1 aromatic carbocycles. The minimum absolute atomic E-state index is 0.230. The van der Waals surface area contributed by atoms with Gasteiger partial charge in [-0.25, -0.2) is 4.79 Å². The summed E-state index contributed by atoms with van der Waals surface area (Å²) in [6.45, 7) is 0.485. The molecule has 22 heavy (non-hydrogen) atoms. The molecule has 2 amide bonds. The van der Waals surface area contributed by atoms with Gasteiger partial charge in [0, 0.05) is 37.7 Å². The van der Waals surface area contributed by atoms with Crippen LogP contribution in [-0.4, -0.2) is 54.7 Å². The van der Waals surface area contributed by atoms with Gasteiger partial charge in [-0.05, 0) is 17.7 Å². The van der Waals surface area contributed by atoms with Crippen molar-refractivity contribution in [2.24, 2.45) is 0 Å². The van der Waals surface area contributed by atoms with Gasteiger partial charge < -0.3 is 10.2 Å². The van der Waals surface area contributed by atoms with Crippen molar-refractivity contribution >= 4 is 17.6 Å². The molecule has 1 N–H and O–H groups in total. The number of piperazine rings is 1. The van der Waals surface area contributed by atoms with Gasteiger partial charge in [0.1, 0.15) is 0 Å². The number of nitrogens with one attached hydrogen (secondary N) is 1. The molecule has 1 aliphatic heterocycles. The van der Waals surface area contributed by atoms with Crippen LogP contribution >= 0.6 is 11.6 Å². The van der Waals surface area contributed by atoms with Gasteiger partial charge in [-0.3, -0.25) is 4.90 Å². The van der Waals surface area contributed by atoms with Gasteiger partial charge in [-0.1, -0.05) is 23.7 Å². The Bertz CT molecular complexity index is 499. The number of rotatable bonds is 3. The van der Waals surface area contributed by atoms with Gasteiger partial charge in [0.05, 0.1) is 6.54 Å². The summed E-state index contributed by atoms with van der Waals surface area (Å²) in [6.07, 6.45) is -4.20. The Morgan fingerprint density at radius 3 is 2.27 bits per heavy atom. The minimum atomic E-state index is -4.20. The third-order valence-electron chi connectivity index (χ3n) is 3.42. The van der Waals surface area contributed by atoms with E-state index in [0.717, 1.165) is 5.56 Å². The maximum Gasteiger partial charge on any atom is 0.401 e. The molecule has 8 heteroatoms. The summed E-state index contributed by atoms with van der Waals surface area (Å²) in [5.41, 5.74) is 0.911. The molecule has 0 aliphatic carbocycles. The first-order valence-electron chi connectivity index (χ1n) is 6.90. The van der Waals surface area contributed by atoms with E-state index in [0.29, 0.717) is 24.7 Å². The molecule has 0 bridgehead atoms. The van der Waals surface area contributed by atoms with Gasteiger partial charge in [0.2, 0.25) is 0 Å². The zero-order valence-electron chi connectivity index (χ0n) is 11.9. The van der Waals surface area contributed by atoms with E-state index in [4.69, 9.17) is 11.6 Å². The van der Waals surface area contributed by atoms with E-state index in [2.05, 4.69) is 5.32 Å². The zero-order chi connectivity index (χ0) is 16.2. The second-order valence-electron chi connectivity index (χ2n) is 5.16. The molecule has 122 valence electrons. The SMILES string of the molecule is O=C(NCc1ccc(Cl)cc1)N1CCN(CC(F)(F)F)CC1. The maximum atomic E-state index is 12.3. The number of alkyl halides is 3. The van der Waals surface area contributed by atoms with Crippen molar-refractivity contribution in [3.05, 3.63) is 34.9 Å². The van der Waals surface area contributed by atoms with E-state index < -0.39 is 12.7 Å². The third kappa shape index (κ3) is 5.38. The summed E-state index contributed by atoms with van der Waals surface area (Å²) >= 11 is 5.78. The molecule has 0 atom stereocenters. The molecule has 0 unspecified atom stereocenters. The summed E-state index contributed by atoms with van der Waals surface area (Å²) in [7, 11) is 0. The summed E-state index contributed by atoms with van der Waals surface area (Å²) in [6, 6.07) is 6.83. The molecular formula is C14H17ClF3N3O. The van der Waals surface area contributed by atoms with Crippen LogP contribution in [-0.2, 0) is 6.54 Å². The Morgan fingerprint density at radius 1 is 1.14 bits per heavy atom. The number of amides is 2. The second-order valence-corrected chi connectivity index (χ2v) is 5.60. The van der Waals surface area contributed by atoms with Crippen LogP contribution < -0.4 is 5.32 Å². The molecule has 2 rings (SSSR count). The number of hydrogen-bond acceptors (Lipinski definition) is 2. The summed E-state index contributed by atoms with van der Waals surface area (Å²) < 4.78 is 36.9. The Labute approximate surface area is 131 Å². The van der Waals surface area contributed by atoms with Crippen LogP contribution in [0.25, 0.3) is 0 Å². The Hall–Kier alpha value is -1.47. The number of halogens is 4. The number of benzene rings is 1. The van der Waals surface area contributed by atoms with Crippen LogP contribution in [0.15, 0.2) is 24.3 Å². The fourth-order valence-corrected chi connectivity index (χ4v) is 2.38. The standard InChI is InChI=1S/C14H17ClF3N3O/c15-12-3-1-11(2-4-12)9-19-13(22)21-7-5-20(6-8-21)10-14(16,17)18/h1-4H,5-10H2,(H,19,22). The zero-order valence-corrected chi connectivity index (χ0v) is 12.6. The number of carbonyl (C=O) groups is 1. The summed E-state index contributed by atoms with van der Waals surface area (Å²) in [5, 5.41) is 3.38. The Balaban J connectivity index is 1.74. The molecule has 1 heterocycles. The number of nitrogens with zero attached hydrogens (tertiary/aromatic N) is 2. The van der Waals surface area contributed by atoms with Crippen LogP contribution in [0, 0.1) is 0 Å². The van der Waals surface area contributed by atoms with Crippen molar-refractivity contribution in [3.63, 3.8) is 0 Å². The van der Waals surface area contributed by atoms with E-state index >= 15 is 0 Å². The predicted molar refractivity (Wildman–Crippen MR) is 77.8 cm³/mol. The van der Waals surface area contributed by atoms with Crippen LogP contribution in [0.5, 0.6) is 0 Å². The second kappa shape index (κ2) is 7.19. The van der Waals surface area contributed by atoms with E-state index in [9.17, 15) is 18.0 Å². The number of carbonyl (C=O) groups excluding carboxylic acids is 1. The highest BCUT2D eigenvalue weighted by Crippen LogP contribution is 2.17. The highest BCUT2D eigenvalue weighted by atomic mass is 35.5. The molecule has 1 saturated heterocycles. The highest BCUT2D eigenvalue weighted by molar-refractivity contribution is 6.30. The van der Waals surface area contributed by atoms with Gasteiger partial charge in [-0.2, -0.15) is 13.2 Å². The lowest BCUT2D eigenvalue weighted by atomic mass is 10.2. The fourth-order valence-electron chi connectivity index (χ4n) is 2.25. The lowest BCUT2D eigenvalue weighted by molar-refractivity contribution is -0.148. The molecule has 1 fully saturated rings. The van der Waals surface area contributed by atoms with E-state index in [1.165, 1.54) is 9.80 Å². The molecule has 0 spiro atoms. The van der Waals surface area contributed by atoms with E-state index in [1.807, 2.05) is 12.1 Å². The minimum Gasteiger partial charge on any atom is -0.334 e. The monoisotopic (exact) mass is 335 g/mol. The molecule has 0 radical (unpaired) electrons. The van der Waals surface area contributed by atoms with Crippen molar-refractivity contribution in [2.75, 3.05) is 32.7 Å². The average Bonchev–Trinajstić information content (AvgIpc) is 2.45. The van der Waals surface area contributed by atoms with Crippen LogP contribution in [0.1, 0.15) is 5.56 Å². The van der Waals surface area contributed by atoms with E-state index in [-0.39, 0.29) is 19.1 Å². The van der Waals surface area contributed by atoms with E-state index in [1.54, 1.807) is 12.1 Å². The first-order chi connectivity index (χ1) is 10.3. The average molecular weight is 336 g/mol. The van der Waals surface area contributed by atoms with Gasteiger partial charge >= 0.3 is 12.2 Å². The summed E-state index contributed by atoms with van der Waals surface area (Å²) in [5.74, 6) is 0. The molecule has 0 aromatic heterocycles. The van der Waals surface area contributed by atoms with Crippen LogP contribution in [0.4, 0.5) is 18.0 Å². The molecule has 0 saturated carbocycles. The molecule has 1 aromatic rings. The fraction of sp³-hybridized carbons (Fsp3) is 0.500. The number of hydrogen-bond donors (Lipinski definition) is 1. The van der Waals surface area contributed by atoms with Crippen molar-refractivity contribution in [1.29, 1.82) is 0 Å². The van der Waals surface area contributed by atoms with Gasteiger partial charge in [0.25, 0.3) is 0 Å². The Morgan fingerprint density at radius 2 is 1.73 bits per heavy atom. The summed E-state index contributed by atoms with van der Waals surface area (Å²) in [4.78, 5) is 14.8. The first-order valence-corrected chi connectivity index (χ1v) is 7.27. The first kappa shape index (κ1) is 16.9.